The van der Waals surface area contributed by atoms with Gasteiger partial charge in [-0.05, 0) is 49.1 Å². The van der Waals surface area contributed by atoms with Crippen molar-refractivity contribution in [2.45, 2.75) is 38.5 Å². The second-order valence-corrected chi connectivity index (χ2v) is 7.20. The van der Waals surface area contributed by atoms with E-state index >= 15 is 0 Å². The highest BCUT2D eigenvalue weighted by atomic mass is 16.5. The molecule has 0 spiro atoms. The zero-order valence-corrected chi connectivity index (χ0v) is 16.6. The summed E-state index contributed by atoms with van der Waals surface area (Å²) < 4.78 is 4.99. The molecule has 1 aliphatic rings. The first kappa shape index (κ1) is 21.2. The Bertz CT molecular complexity index is 581. The van der Waals surface area contributed by atoms with E-state index in [2.05, 4.69) is 34.9 Å². The average molecular weight is 376 g/mol. The number of methoxy groups -OCH3 is 1. The highest BCUT2D eigenvalue weighted by Crippen LogP contribution is 2.22. The van der Waals surface area contributed by atoms with Crippen LogP contribution in [0.15, 0.2) is 24.3 Å². The van der Waals surface area contributed by atoms with Crippen LogP contribution in [-0.4, -0.2) is 57.2 Å². The summed E-state index contributed by atoms with van der Waals surface area (Å²) in [4.78, 5) is 25.4. The maximum absolute atomic E-state index is 12.1. The smallest absolute Gasteiger partial charge is 0.317 e. The molecular weight excluding hydrogens is 342 g/mol. The number of urea groups is 1. The molecule has 6 nitrogen and oxygen atoms in total. The van der Waals surface area contributed by atoms with Gasteiger partial charge in [0, 0.05) is 46.8 Å². The highest BCUT2D eigenvalue weighted by Gasteiger charge is 2.22. The van der Waals surface area contributed by atoms with Crippen LogP contribution in [0.2, 0.25) is 0 Å². The lowest BCUT2D eigenvalue weighted by Crippen LogP contribution is -2.45. The summed E-state index contributed by atoms with van der Waals surface area (Å²) in [6.45, 7) is 2.99. The molecule has 27 heavy (non-hydrogen) atoms. The molecule has 0 saturated carbocycles. The lowest BCUT2D eigenvalue weighted by molar-refractivity contribution is -0.120. The van der Waals surface area contributed by atoms with Crippen molar-refractivity contribution in [1.29, 1.82) is 0 Å². The normalized spacial score (nSPS) is 14.8. The SMILES string of the molecule is CNC(=O)CCc1ccc(CC2CCN(C(=O)NCCCOC)CC2)cc1. The van der Waals surface area contributed by atoms with Crippen molar-refractivity contribution in [3.8, 4) is 0 Å². The summed E-state index contributed by atoms with van der Waals surface area (Å²) in [6.07, 6.45) is 5.30. The highest BCUT2D eigenvalue weighted by molar-refractivity contribution is 5.75. The van der Waals surface area contributed by atoms with E-state index in [0.29, 0.717) is 25.5 Å². The summed E-state index contributed by atoms with van der Waals surface area (Å²) >= 11 is 0. The Hall–Kier alpha value is -2.08. The number of likely N-dealkylation sites (tertiary alicyclic amines) is 1. The van der Waals surface area contributed by atoms with E-state index in [1.54, 1.807) is 14.2 Å². The summed E-state index contributed by atoms with van der Waals surface area (Å²) in [5, 5.41) is 5.61. The Balaban J connectivity index is 1.69. The summed E-state index contributed by atoms with van der Waals surface area (Å²) in [7, 11) is 3.34. The van der Waals surface area contributed by atoms with Gasteiger partial charge in [-0.25, -0.2) is 4.79 Å². The van der Waals surface area contributed by atoms with Crippen LogP contribution in [-0.2, 0) is 22.4 Å². The van der Waals surface area contributed by atoms with Crippen LogP contribution in [0.3, 0.4) is 0 Å². The Kier molecular flexibility index (Phi) is 9.11. The molecule has 6 heteroatoms. The molecule has 1 aromatic rings. The number of carbonyl (C=O) groups excluding carboxylic acids is 2. The fourth-order valence-electron chi connectivity index (χ4n) is 3.42. The first-order valence-corrected chi connectivity index (χ1v) is 9.92. The van der Waals surface area contributed by atoms with Crippen molar-refractivity contribution in [3.63, 3.8) is 0 Å². The molecule has 0 aromatic heterocycles. The number of hydrogen-bond acceptors (Lipinski definition) is 3. The van der Waals surface area contributed by atoms with Gasteiger partial charge < -0.3 is 20.3 Å². The third kappa shape index (κ3) is 7.59. The Labute approximate surface area is 162 Å². The van der Waals surface area contributed by atoms with Crippen molar-refractivity contribution in [2.75, 3.05) is 40.4 Å². The third-order valence-corrected chi connectivity index (χ3v) is 5.17. The summed E-state index contributed by atoms with van der Waals surface area (Å²) in [5.74, 6) is 0.702. The Morgan fingerprint density at radius 1 is 1.15 bits per heavy atom. The zero-order chi connectivity index (χ0) is 19.5. The minimum Gasteiger partial charge on any atom is -0.385 e. The first-order chi connectivity index (χ1) is 13.1. The van der Waals surface area contributed by atoms with Gasteiger partial charge in [-0.2, -0.15) is 0 Å². The van der Waals surface area contributed by atoms with Crippen molar-refractivity contribution in [1.82, 2.24) is 15.5 Å². The van der Waals surface area contributed by atoms with Gasteiger partial charge in [0.1, 0.15) is 0 Å². The molecule has 150 valence electrons. The van der Waals surface area contributed by atoms with E-state index in [1.807, 2.05) is 4.90 Å². The van der Waals surface area contributed by atoms with Crippen molar-refractivity contribution in [3.05, 3.63) is 35.4 Å². The lowest BCUT2D eigenvalue weighted by Gasteiger charge is -2.32. The zero-order valence-electron chi connectivity index (χ0n) is 16.6. The van der Waals surface area contributed by atoms with Crippen LogP contribution >= 0.6 is 0 Å². The number of amides is 3. The molecule has 1 aliphatic heterocycles. The van der Waals surface area contributed by atoms with Gasteiger partial charge in [0.15, 0.2) is 0 Å². The number of piperidine rings is 1. The number of benzene rings is 1. The standard InChI is InChI=1S/C21H33N3O3/c1-22-20(25)9-8-17-4-6-18(7-5-17)16-19-10-13-24(14-11-19)21(26)23-12-3-15-27-2/h4-7,19H,3,8-16H2,1-2H3,(H,22,25)(H,23,26). The average Bonchev–Trinajstić information content (AvgIpc) is 2.71. The molecule has 0 unspecified atom stereocenters. The predicted octanol–water partition coefficient (Wildman–Crippen LogP) is 2.37. The number of aryl methyl sites for hydroxylation is 1. The molecule has 0 radical (unpaired) electrons. The Morgan fingerprint density at radius 2 is 1.81 bits per heavy atom. The molecule has 1 fully saturated rings. The number of hydrogen-bond donors (Lipinski definition) is 2. The first-order valence-electron chi connectivity index (χ1n) is 9.92. The molecular formula is C21H33N3O3. The van der Waals surface area contributed by atoms with Crippen LogP contribution in [0.1, 0.15) is 36.8 Å². The number of ether oxygens (including phenoxy) is 1. The minimum absolute atomic E-state index is 0.0463. The fraction of sp³-hybridized carbons (Fsp3) is 0.619. The van der Waals surface area contributed by atoms with Crippen LogP contribution in [0, 0.1) is 5.92 Å². The van der Waals surface area contributed by atoms with Crippen LogP contribution in [0.5, 0.6) is 0 Å². The monoisotopic (exact) mass is 375 g/mol. The van der Waals surface area contributed by atoms with Gasteiger partial charge in [-0.3, -0.25) is 4.79 Å². The molecule has 2 N–H and O–H groups in total. The quantitative estimate of drug-likeness (QED) is 0.651. The molecule has 2 rings (SSSR count). The molecule has 3 amide bonds. The summed E-state index contributed by atoms with van der Waals surface area (Å²) in [6, 6.07) is 8.65. The van der Waals surface area contributed by atoms with Crippen molar-refractivity contribution in [2.24, 2.45) is 5.92 Å². The number of carbonyl (C=O) groups is 2. The topological polar surface area (TPSA) is 70.7 Å². The van der Waals surface area contributed by atoms with Crippen LogP contribution in [0.4, 0.5) is 4.79 Å². The van der Waals surface area contributed by atoms with Gasteiger partial charge >= 0.3 is 6.03 Å². The Morgan fingerprint density at radius 3 is 2.44 bits per heavy atom. The summed E-state index contributed by atoms with van der Waals surface area (Å²) in [5.41, 5.74) is 2.53. The van der Waals surface area contributed by atoms with Gasteiger partial charge in [-0.15, -0.1) is 0 Å². The van der Waals surface area contributed by atoms with Crippen molar-refractivity contribution >= 4 is 11.9 Å². The molecule has 1 saturated heterocycles. The molecule has 1 aromatic carbocycles. The van der Waals surface area contributed by atoms with Gasteiger partial charge in [0.05, 0.1) is 0 Å². The van der Waals surface area contributed by atoms with Crippen LogP contribution < -0.4 is 10.6 Å². The number of nitrogens with one attached hydrogen (secondary N) is 2. The van der Waals surface area contributed by atoms with Crippen molar-refractivity contribution < 1.29 is 14.3 Å². The maximum atomic E-state index is 12.1. The number of nitrogens with zero attached hydrogens (tertiary/aromatic N) is 1. The minimum atomic E-state index is 0.0463. The molecule has 1 heterocycles. The lowest BCUT2D eigenvalue weighted by atomic mass is 9.90. The van der Waals surface area contributed by atoms with Gasteiger partial charge in [0.25, 0.3) is 0 Å². The molecule has 0 bridgehead atoms. The van der Waals surface area contributed by atoms with Crippen LogP contribution in [0.25, 0.3) is 0 Å². The second-order valence-electron chi connectivity index (χ2n) is 7.20. The molecule has 0 aliphatic carbocycles. The molecule has 0 atom stereocenters. The maximum Gasteiger partial charge on any atom is 0.317 e. The van der Waals surface area contributed by atoms with Gasteiger partial charge in [0.2, 0.25) is 5.91 Å². The fourth-order valence-corrected chi connectivity index (χ4v) is 3.42. The van der Waals surface area contributed by atoms with E-state index in [0.717, 1.165) is 45.2 Å². The number of rotatable bonds is 9. The van der Waals surface area contributed by atoms with E-state index in [9.17, 15) is 9.59 Å². The van der Waals surface area contributed by atoms with E-state index in [-0.39, 0.29) is 11.9 Å². The van der Waals surface area contributed by atoms with E-state index in [1.165, 1.54) is 11.1 Å². The predicted molar refractivity (Wildman–Crippen MR) is 107 cm³/mol. The van der Waals surface area contributed by atoms with E-state index < -0.39 is 0 Å². The second kappa shape index (κ2) is 11.6. The third-order valence-electron chi connectivity index (χ3n) is 5.17. The van der Waals surface area contributed by atoms with E-state index in [4.69, 9.17) is 4.74 Å². The largest absolute Gasteiger partial charge is 0.385 e. The van der Waals surface area contributed by atoms with Gasteiger partial charge in [-0.1, -0.05) is 24.3 Å².